The first-order valence-corrected chi connectivity index (χ1v) is 12.7. The number of likely N-dealkylation sites (tertiary alicyclic amines) is 1. The van der Waals surface area contributed by atoms with Crippen LogP contribution in [0.4, 0.5) is 10.1 Å². The number of amides is 3. The third-order valence-electron chi connectivity index (χ3n) is 6.96. The van der Waals surface area contributed by atoms with Gasteiger partial charge < -0.3 is 25.8 Å². The highest BCUT2D eigenvalue weighted by Gasteiger charge is 2.36. The van der Waals surface area contributed by atoms with Crippen LogP contribution in [0.25, 0.3) is 0 Å². The molecule has 4 heterocycles. The summed E-state index contributed by atoms with van der Waals surface area (Å²) in [7, 11) is 2.04. The molecule has 1 aromatic heterocycles. The van der Waals surface area contributed by atoms with Crippen molar-refractivity contribution >= 4 is 34.7 Å². The summed E-state index contributed by atoms with van der Waals surface area (Å²) in [5.74, 6) is -0.906. The Morgan fingerprint density at radius 3 is 2.83 bits per heavy atom. The van der Waals surface area contributed by atoms with E-state index in [1.807, 2.05) is 7.05 Å². The standard InChI is InChI=1S/C24H29FN6O3S/c1-13(32)31-8-6-17(27-22(33)19-10-14-9-15(25)3-4-16(14)26-19)20(11-31)28-23(34)24-29-18-5-7-30(2)12-21(18)35-24/h3-4,9,17,19-20,26H,5-8,10-12H2,1-2H3,(H,27,33)(H,28,34)/t17-,19?,20+/m0/s1. The molecule has 9 nitrogen and oxygen atoms in total. The number of anilines is 1. The molecule has 5 rings (SSSR count). The van der Waals surface area contributed by atoms with Crippen molar-refractivity contribution in [2.75, 3.05) is 32.0 Å². The Kier molecular flexibility index (Phi) is 6.45. The number of rotatable bonds is 4. The van der Waals surface area contributed by atoms with Gasteiger partial charge in [-0.15, -0.1) is 11.3 Å². The Morgan fingerprint density at radius 1 is 1.20 bits per heavy atom. The predicted octanol–water partition coefficient (Wildman–Crippen LogP) is 1.14. The second kappa shape index (κ2) is 9.54. The quantitative estimate of drug-likeness (QED) is 0.582. The molecule has 3 N–H and O–H groups in total. The molecule has 1 unspecified atom stereocenters. The van der Waals surface area contributed by atoms with Gasteiger partial charge in [0.2, 0.25) is 11.8 Å². The molecule has 0 aliphatic carbocycles. The number of carbonyl (C=O) groups excluding carboxylic acids is 3. The van der Waals surface area contributed by atoms with Gasteiger partial charge >= 0.3 is 0 Å². The Bertz CT molecular complexity index is 1170. The first-order valence-electron chi connectivity index (χ1n) is 11.9. The Balaban J connectivity index is 1.27. The summed E-state index contributed by atoms with van der Waals surface area (Å²) in [6, 6.07) is 3.13. The summed E-state index contributed by atoms with van der Waals surface area (Å²) in [4.78, 5) is 47.8. The van der Waals surface area contributed by atoms with Crippen LogP contribution >= 0.6 is 11.3 Å². The molecule has 3 atom stereocenters. The Morgan fingerprint density at radius 2 is 2.03 bits per heavy atom. The predicted molar refractivity (Wildman–Crippen MR) is 130 cm³/mol. The molecule has 0 spiro atoms. The fraction of sp³-hybridized carbons (Fsp3) is 0.500. The minimum absolute atomic E-state index is 0.0725. The number of benzene rings is 1. The van der Waals surface area contributed by atoms with Crippen LogP contribution in [0, 0.1) is 5.82 Å². The van der Waals surface area contributed by atoms with Crippen molar-refractivity contribution in [3.63, 3.8) is 0 Å². The number of nitrogens with zero attached hydrogens (tertiary/aromatic N) is 3. The lowest BCUT2D eigenvalue weighted by Gasteiger charge is -2.39. The monoisotopic (exact) mass is 500 g/mol. The van der Waals surface area contributed by atoms with Crippen molar-refractivity contribution in [1.29, 1.82) is 0 Å². The van der Waals surface area contributed by atoms with E-state index in [0.717, 1.165) is 41.3 Å². The number of fused-ring (bicyclic) bond motifs is 2. The van der Waals surface area contributed by atoms with Crippen LogP contribution in [0.3, 0.4) is 0 Å². The molecule has 1 saturated heterocycles. The second-order valence-corrected chi connectivity index (χ2v) is 10.6. The molecule has 35 heavy (non-hydrogen) atoms. The Hall–Kier alpha value is -3.05. The molecule has 3 aliphatic rings. The van der Waals surface area contributed by atoms with E-state index in [1.54, 1.807) is 11.0 Å². The maximum absolute atomic E-state index is 13.6. The highest BCUT2D eigenvalue weighted by Crippen LogP contribution is 2.27. The van der Waals surface area contributed by atoms with Gasteiger partial charge in [-0.1, -0.05) is 0 Å². The zero-order valence-electron chi connectivity index (χ0n) is 19.8. The summed E-state index contributed by atoms with van der Waals surface area (Å²) < 4.78 is 13.6. The van der Waals surface area contributed by atoms with Crippen LogP contribution in [0.1, 0.15) is 39.3 Å². The van der Waals surface area contributed by atoms with Crippen molar-refractivity contribution in [2.45, 2.75) is 50.9 Å². The number of hydrogen-bond acceptors (Lipinski definition) is 7. The maximum Gasteiger partial charge on any atom is 0.280 e. The van der Waals surface area contributed by atoms with Crippen LogP contribution in [0.2, 0.25) is 0 Å². The third kappa shape index (κ3) is 5.01. The number of likely N-dealkylation sites (N-methyl/N-ethyl adjacent to an activating group) is 1. The third-order valence-corrected chi connectivity index (χ3v) is 8.04. The number of thiazole rings is 1. The molecule has 1 fully saturated rings. The molecule has 186 valence electrons. The molecule has 11 heteroatoms. The van der Waals surface area contributed by atoms with Crippen molar-refractivity contribution in [2.24, 2.45) is 0 Å². The summed E-state index contributed by atoms with van der Waals surface area (Å²) in [5, 5.41) is 9.64. The van der Waals surface area contributed by atoms with Gasteiger partial charge in [0.15, 0.2) is 5.01 Å². The molecule has 0 radical (unpaired) electrons. The van der Waals surface area contributed by atoms with E-state index >= 15 is 0 Å². The minimum Gasteiger partial charge on any atom is -0.373 e. The van der Waals surface area contributed by atoms with Crippen molar-refractivity contribution in [3.8, 4) is 0 Å². The second-order valence-electron chi connectivity index (χ2n) is 9.53. The zero-order valence-corrected chi connectivity index (χ0v) is 20.6. The van der Waals surface area contributed by atoms with E-state index < -0.39 is 12.1 Å². The van der Waals surface area contributed by atoms with Crippen molar-refractivity contribution < 1.29 is 18.8 Å². The number of aromatic nitrogens is 1. The van der Waals surface area contributed by atoms with E-state index in [-0.39, 0.29) is 29.6 Å². The molecular formula is C24H29FN6O3S. The molecule has 0 bridgehead atoms. The highest BCUT2D eigenvalue weighted by atomic mass is 32.1. The van der Waals surface area contributed by atoms with E-state index in [4.69, 9.17) is 0 Å². The van der Waals surface area contributed by atoms with Crippen LogP contribution in [0.5, 0.6) is 0 Å². The smallest absolute Gasteiger partial charge is 0.280 e. The molecule has 3 amide bonds. The largest absolute Gasteiger partial charge is 0.373 e. The summed E-state index contributed by atoms with van der Waals surface area (Å²) >= 11 is 1.40. The van der Waals surface area contributed by atoms with Crippen molar-refractivity contribution in [1.82, 2.24) is 25.4 Å². The highest BCUT2D eigenvalue weighted by molar-refractivity contribution is 7.13. The van der Waals surface area contributed by atoms with Crippen molar-refractivity contribution in [3.05, 3.63) is 45.2 Å². The average Bonchev–Trinajstić information content (AvgIpc) is 3.43. The zero-order chi connectivity index (χ0) is 24.7. The first-order chi connectivity index (χ1) is 16.8. The normalized spacial score (nSPS) is 23.7. The number of hydrogen-bond donors (Lipinski definition) is 3. The summed E-state index contributed by atoms with van der Waals surface area (Å²) in [6.07, 6.45) is 1.72. The van der Waals surface area contributed by atoms with E-state index in [1.165, 1.54) is 30.4 Å². The maximum atomic E-state index is 13.6. The van der Waals surface area contributed by atoms with Gasteiger partial charge in [-0.2, -0.15) is 0 Å². The van der Waals surface area contributed by atoms with E-state index in [2.05, 4.69) is 25.8 Å². The first kappa shape index (κ1) is 23.7. The fourth-order valence-electron chi connectivity index (χ4n) is 4.98. The summed E-state index contributed by atoms with van der Waals surface area (Å²) in [5.41, 5.74) is 2.49. The van der Waals surface area contributed by atoms with E-state index in [0.29, 0.717) is 30.9 Å². The number of halogens is 1. The number of piperidine rings is 1. The Labute approximate surface area is 207 Å². The van der Waals surface area contributed by atoms with Gasteiger partial charge in [0.1, 0.15) is 11.9 Å². The fourth-order valence-corrected chi connectivity index (χ4v) is 6.07. The van der Waals surface area contributed by atoms with Crippen LogP contribution in [-0.2, 0) is 29.0 Å². The van der Waals surface area contributed by atoms with Crippen LogP contribution < -0.4 is 16.0 Å². The van der Waals surface area contributed by atoms with E-state index in [9.17, 15) is 18.8 Å². The molecular weight excluding hydrogens is 471 g/mol. The average molecular weight is 501 g/mol. The molecule has 3 aliphatic heterocycles. The van der Waals surface area contributed by atoms with Gasteiger partial charge in [-0.05, 0) is 37.2 Å². The van der Waals surface area contributed by atoms with Gasteiger partial charge in [0, 0.05) is 56.5 Å². The van der Waals surface area contributed by atoms with Crippen LogP contribution in [0.15, 0.2) is 18.2 Å². The lowest BCUT2D eigenvalue weighted by Crippen LogP contribution is -2.62. The number of nitrogens with one attached hydrogen (secondary N) is 3. The topological polar surface area (TPSA) is 107 Å². The lowest BCUT2D eigenvalue weighted by molar-refractivity contribution is -0.130. The minimum atomic E-state index is -0.517. The molecule has 1 aromatic carbocycles. The van der Waals surface area contributed by atoms with Crippen LogP contribution in [-0.4, -0.2) is 77.3 Å². The SMILES string of the molecule is CC(=O)N1CC[C@H](NC(=O)C2Cc3cc(F)ccc3N2)[C@H](NC(=O)c2nc3c(s2)CN(C)CC3)C1. The van der Waals surface area contributed by atoms with Gasteiger partial charge in [-0.3, -0.25) is 14.4 Å². The molecule has 2 aromatic rings. The van der Waals surface area contributed by atoms with Gasteiger partial charge in [0.25, 0.3) is 5.91 Å². The van der Waals surface area contributed by atoms with Gasteiger partial charge in [-0.25, -0.2) is 9.37 Å². The summed E-state index contributed by atoms with van der Waals surface area (Å²) in [6.45, 7) is 3.99. The lowest BCUT2D eigenvalue weighted by atomic mass is 9.98. The van der Waals surface area contributed by atoms with Gasteiger partial charge in [0.05, 0.1) is 17.8 Å². The number of carbonyl (C=O) groups is 3. The molecule has 0 saturated carbocycles.